The van der Waals surface area contributed by atoms with E-state index in [2.05, 4.69) is 0 Å². The summed E-state index contributed by atoms with van der Waals surface area (Å²) in [6.07, 6.45) is 1.28. The van der Waals surface area contributed by atoms with Crippen molar-refractivity contribution in [1.29, 1.82) is 0 Å². The lowest BCUT2D eigenvalue weighted by atomic mass is 10.1. The first-order valence-corrected chi connectivity index (χ1v) is 8.91. The molecule has 0 unspecified atom stereocenters. The van der Waals surface area contributed by atoms with Crippen LogP contribution in [0.3, 0.4) is 0 Å². The summed E-state index contributed by atoms with van der Waals surface area (Å²) in [5.74, 6) is 0. The van der Waals surface area contributed by atoms with Gasteiger partial charge in [0.05, 0.1) is 10.1 Å². The molecule has 21 heavy (non-hydrogen) atoms. The maximum atomic E-state index is 12.9. The summed E-state index contributed by atoms with van der Waals surface area (Å²) in [5.41, 5.74) is 1.04. The van der Waals surface area contributed by atoms with E-state index in [0.29, 0.717) is 17.7 Å². The molecule has 0 N–H and O–H groups in total. The topological polar surface area (TPSA) is 37.4 Å². The van der Waals surface area contributed by atoms with E-state index in [4.69, 9.17) is 0 Å². The van der Waals surface area contributed by atoms with Crippen LogP contribution in [-0.4, -0.2) is 27.8 Å². The number of anilines is 1. The predicted molar refractivity (Wildman–Crippen MR) is 89.8 cm³/mol. The number of benzene rings is 2. The Balaban J connectivity index is 2.75. The van der Waals surface area contributed by atoms with Crippen molar-refractivity contribution in [2.24, 2.45) is 0 Å². The summed E-state index contributed by atoms with van der Waals surface area (Å²) < 4.78 is 25.8. The largest absolute Gasteiger partial charge is 0.377 e. The molecule has 2 rings (SSSR count). The van der Waals surface area contributed by atoms with Gasteiger partial charge in [-0.25, -0.2) is 8.42 Å². The number of rotatable bonds is 5. The molecule has 0 aliphatic heterocycles. The van der Waals surface area contributed by atoms with Crippen LogP contribution in [0, 0.1) is 0 Å². The normalized spacial score (nSPS) is 12.0. The zero-order valence-electron chi connectivity index (χ0n) is 13.1. The second-order valence-electron chi connectivity index (χ2n) is 5.51. The van der Waals surface area contributed by atoms with Gasteiger partial charge >= 0.3 is 0 Å². The van der Waals surface area contributed by atoms with E-state index in [1.165, 1.54) is 0 Å². The molecule has 4 heteroatoms. The van der Waals surface area contributed by atoms with Crippen LogP contribution < -0.4 is 4.90 Å². The van der Waals surface area contributed by atoms with Crippen molar-refractivity contribution >= 4 is 26.3 Å². The highest BCUT2D eigenvalue weighted by Crippen LogP contribution is 2.32. The molecule has 2 aromatic rings. The third-order valence-corrected chi connectivity index (χ3v) is 6.51. The number of sulfone groups is 1. The van der Waals surface area contributed by atoms with E-state index in [0.717, 1.165) is 16.5 Å². The lowest BCUT2D eigenvalue weighted by Gasteiger charge is -2.19. The molecule has 0 radical (unpaired) electrons. The standard InChI is InChI=1S/C17H23NO2S/c1-5-13(6-2)21(19,20)17-12-8-9-14-15(17)10-7-11-16(14)18(3)4/h7-13H,5-6H2,1-4H3. The highest BCUT2D eigenvalue weighted by molar-refractivity contribution is 7.92. The van der Waals surface area contributed by atoms with Crippen molar-refractivity contribution in [1.82, 2.24) is 0 Å². The van der Waals surface area contributed by atoms with Crippen LogP contribution in [0.15, 0.2) is 41.3 Å². The third-order valence-electron chi connectivity index (χ3n) is 4.00. The fraction of sp³-hybridized carbons (Fsp3) is 0.412. The van der Waals surface area contributed by atoms with Crippen molar-refractivity contribution in [3.63, 3.8) is 0 Å². The smallest absolute Gasteiger partial charge is 0.181 e. The van der Waals surface area contributed by atoms with Crippen molar-refractivity contribution in [2.45, 2.75) is 36.8 Å². The van der Waals surface area contributed by atoms with Crippen molar-refractivity contribution in [3.8, 4) is 0 Å². The molecule has 0 aliphatic rings. The van der Waals surface area contributed by atoms with Gasteiger partial charge in [-0.2, -0.15) is 0 Å². The van der Waals surface area contributed by atoms with Gasteiger partial charge in [0.2, 0.25) is 0 Å². The van der Waals surface area contributed by atoms with Gasteiger partial charge < -0.3 is 4.90 Å². The minimum atomic E-state index is -3.29. The molecule has 0 aliphatic carbocycles. The van der Waals surface area contributed by atoms with Gasteiger partial charge in [-0.05, 0) is 25.0 Å². The molecule has 3 nitrogen and oxygen atoms in total. The molecule has 0 spiro atoms. The summed E-state index contributed by atoms with van der Waals surface area (Å²) in [5, 5.41) is 1.48. The summed E-state index contributed by atoms with van der Waals surface area (Å²) in [6, 6.07) is 11.4. The highest BCUT2D eigenvalue weighted by Gasteiger charge is 2.26. The van der Waals surface area contributed by atoms with Crippen LogP contribution in [0.4, 0.5) is 5.69 Å². The SMILES string of the molecule is CCC(CC)S(=O)(=O)c1cccc2c(N(C)C)cccc12. The summed E-state index contributed by atoms with van der Waals surface area (Å²) >= 11 is 0. The van der Waals surface area contributed by atoms with Gasteiger partial charge in [0.25, 0.3) is 0 Å². The Labute approximate surface area is 127 Å². The molecule has 0 amide bonds. The predicted octanol–water partition coefficient (Wildman–Crippen LogP) is 3.87. The van der Waals surface area contributed by atoms with Crippen LogP contribution >= 0.6 is 0 Å². The minimum absolute atomic E-state index is 0.314. The second kappa shape index (κ2) is 6.06. The van der Waals surface area contributed by atoms with Gasteiger partial charge in [0.15, 0.2) is 9.84 Å². The second-order valence-corrected chi connectivity index (χ2v) is 7.70. The molecular weight excluding hydrogens is 282 g/mol. The first-order chi connectivity index (χ1) is 9.93. The van der Waals surface area contributed by atoms with Gasteiger partial charge in [-0.15, -0.1) is 0 Å². The number of hydrogen-bond acceptors (Lipinski definition) is 3. The fourth-order valence-electron chi connectivity index (χ4n) is 2.81. The van der Waals surface area contributed by atoms with Crippen LogP contribution in [0.2, 0.25) is 0 Å². The molecule has 114 valence electrons. The lowest BCUT2D eigenvalue weighted by molar-refractivity contribution is 0.572. The zero-order valence-corrected chi connectivity index (χ0v) is 13.9. The van der Waals surface area contributed by atoms with E-state index < -0.39 is 9.84 Å². The van der Waals surface area contributed by atoms with Gasteiger partial charge in [-0.1, -0.05) is 38.1 Å². The van der Waals surface area contributed by atoms with Crippen LogP contribution in [0.25, 0.3) is 10.8 Å². The Hall–Kier alpha value is -1.55. The van der Waals surface area contributed by atoms with Gasteiger partial charge in [0, 0.05) is 30.6 Å². The maximum absolute atomic E-state index is 12.9. The van der Waals surface area contributed by atoms with E-state index >= 15 is 0 Å². The summed E-state index contributed by atoms with van der Waals surface area (Å²) in [6.45, 7) is 3.87. The number of fused-ring (bicyclic) bond motifs is 1. The molecular formula is C17H23NO2S. The first-order valence-electron chi connectivity index (χ1n) is 7.36. The van der Waals surface area contributed by atoms with E-state index in [1.54, 1.807) is 6.07 Å². The minimum Gasteiger partial charge on any atom is -0.377 e. The average Bonchev–Trinajstić information content (AvgIpc) is 2.46. The molecule has 0 aromatic heterocycles. The Kier molecular flexibility index (Phi) is 4.57. The zero-order chi connectivity index (χ0) is 15.6. The highest BCUT2D eigenvalue weighted by atomic mass is 32.2. The Morgan fingerprint density at radius 2 is 1.52 bits per heavy atom. The molecule has 0 fully saturated rings. The molecule has 0 bridgehead atoms. The summed E-state index contributed by atoms with van der Waals surface area (Å²) in [7, 11) is 0.649. The van der Waals surface area contributed by atoms with E-state index in [1.807, 2.05) is 63.2 Å². The maximum Gasteiger partial charge on any atom is 0.181 e. The Morgan fingerprint density at radius 3 is 2.10 bits per heavy atom. The third kappa shape index (κ3) is 2.77. The summed E-state index contributed by atoms with van der Waals surface area (Å²) in [4.78, 5) is 2.47. The Bertz CT molecular complexity index is 732. The van der Waals surface area contributed by atoms with Crippen molar-refractivity contribution < 1.29 is 8.42 Å². The first kappa shape index (κ1) is 15.8. The van der Waals surface area contributed by atoms with Gasteiger partial charge in [-0.3, -0.25) is 0 Å². The number of hydrogen-bond donors (Lipinski definition) is 0. The van der Waals surface area contributed by atoms with Crippen molar-refractivity contribution in [3.05, 3.63) is 36.4 Å². The average molecular weight is 305 g/mol. The molecule has 0 saturated carbocycles. The lowest BCUT2D eigenvalue weighted by Crippen LogP contribution is -2.20. The molecule has 2 aromatic carbocycles. The van der Waals surface area contributed by atoms with E-state index in [9.17, 15) is 8.42 Å². The van der Waals surface area contributed by atoms with Crippen LogP contribution in [0.1, 0.15) is 26.7 Å². The fourth-order valence-corrected chi connectivity index (χ4v) is 4.80. The Morgan fingerprint density at radius 1 is 0.952 bits per heavy atom. The monoisotopic (exact) mass is 305 g/mol. The van der Waals surface area contributed by atoms with E-state index in [-0.39, 0.29) is 5.25 Å². The molecule has 0 heterocycles. The van der Waals surface area contributed by atoms with Crippen LogP contribution in [-0.2, 0) is 9.84 Å². The number of nitrogens with zero attached hydrogens (tertiary/aromatic N) is 1. The van der Waals surface area contributed by atoms with Gasteiger partial charge in [0.1, 0.15) is 0 Å². The van der Waals surface area contributed by atoms with Crippen molar-refractivity contribution in [2.75, 3.05) is 19.0 Å². The molecule has 0 saturated heterocycles. The molecule has 0 atom stereocenters. The quantitative estimate of drug-likeness (QED) is 0.841. The van der Waals surface area contributed by atoms with Crippen LogP contribution in [0.5, 0.6) is 0 Å².